The van der Waals surface area contributed by atoms with E-state index in [4.69, 9.17) is 5.73 Å². The van der Waals surface area contributed by atoms with E-state index >= 15 is 0 Å². The lowest BCUT2D eigenvalue weighted by molar-refractivity contribution is 0.251. The van der Waals surface area contributed by atoms with Crippen molar-refractivity contribution in [3.05, 3.63) is 29.8 Å². The van der Waals surface area contributed by atoms with Crippen LogP contribution in [-0.4, -0.2) is 19.1 Å². The number of hydrogen-bond acceptors (Lipinski definition) is 2. The molecular weight excluding hydrogens is 232 g/mol. The molecule has 1 unspecified atom stereocenters. The average molecular weight is 258 g/mol. The third-order valence-electron chi connectivity index (χ3n) is 5.17. The van der Waals surface area contributed by atoms with Gasteiger partial charge in [-0.1, -0.05) is 38.0 Å². The maximum absolute atomic E-state index is 6.13. The summed E-state index contributed by atoms with van der Waals surface area (Å²) in [5.41, 5.74) is 9.08. The molecule has 0 amide bonds. The summed E-state index contributed by atoms with van der Waals surface area (Å²) in [6, 6.07) is 9.41. The SMILES string of the molecule is CC1CCC(C(CN)N2CCc3ccccc32)CC1. The van der Waals surface area contributed by atoms with Gasteiger partial charge in [0, 0.05) is 24.8 Å². The summed E-state index contributed by atoms with van der Waals surface area (Å²) in [6.07, 6.45) is 6.69. The van der Waals surface area contributed by atoms with Crippen LogP contribution in [0.3, 0.4) is 0 Å². The summed E-state index contributed by atoms with van der Waals surface area (Å²) in [7, 11) is 0. The van der Waals surface area contributed by atoms with Crippen LogP contribution >= 0.6 is 0 Å². The van der Waals surface area contributed by atoms with Crippen molar-refractivity contribution in [3.8, 4) is 0 Å². The molecule has 0 saturated heterocycles. The topological polar surface area (TPSA) is 29.3 Å². The molecule has 0 aromatic heterocycles. The zero-order chi connectivity index (χ0) is 13.2. The van der Waals surface area contributed by atoms with Crippen LogP contribution < -0.4 is 10.6 Å². The monoisotopic (exact) mass is 258 g/mol. The molecule has 1 aromatic rings. The van der Waals surface area contributed by atoms with E-state index in [0.717, 1.165) is 24.9 Å². The highest BCUT2D eigenvalue weighted by Gasteiger charge is 2.32. The Bertz CT molecular complexity index is 421. The fraction of sp³-hybridized carbons (Fsp3) is 0.647. The van der Waals surface area contributed by atoms with Crippen LogP contribution in [0.15, 0.2) is 24.3 Å². The maximum atomic E-state index is 6.13. The molecule has 1 aliphatic heterocycles. The minimum atomic E-state index is 0.552. The molecule has 1 fully saturated rings. The highest BCUT2D eigenvalue weighted by molar-refractivity contribution is 5.58. The van der Waals surface area contributed by atoms with E-state index in [9.17, 15) is 0 Å². The Morgan fingerprint density at radius 1 is 1.21 bits per heavy atom. The molecule has 0 bridgehead atoms. The molecule has 2 nitrogen and oxygen atoms in total. The van der Waals surface area contributed by atoms with Crippen LogP contribution in [0.1, 0.15) is 38.2 Å². The number of fused-ring (bicyclic) bond motifs is 1. The number of nitrogens with zero attached hydrogens (tertiary/aromatic N) is 1. The van der Waals surface area contributed by atoms with Gasteiger partial charge in [-0.3, -0.25) is 0 Å². The highest BCUT2D eigenvalue weighted by Crippen LogP contribution is 2.36. The molecular formula is C17H26N2. The molecule has 1 aromatic carbocycles. The summed E-state index contributed by atoms with van der Waals surface area (Å²) in [4.78, 5) is 2.59. The summed E-state index contributed by atoms with van der Waals surface area (Å²) >= 11 is 0. The Morgan fingerprint density at radius 2 is 1.95 bits per heavy atom. The second-order valence-corrected chi connectivity index (χ2v) is 6.40. The van der Waals surface area contributed by atoms with Crippen molar-refractivity contribution in [2.24, 2.45) is 17.6 Å². The van der Waals surface area contributed by atoms with Crippen molar-refractivity contribution in [3.63, 3.8) is 0 Å². The predicted molar refractivity (Wildman–Crippen MR) is 81.5 cm³/mol. The Kier molecular flexibility index (Phi) is 3.79. The molecule has 19 heavy (non-hydrogen) atoms. The Labute approximate surface area is 117 Å². The Morgan fingerprint density at radius 3 is 2.68 bits per heavy atom. The van der Waals surface area contributed by atoms with E-state index < -0.39 is 0 Å². The normalized spacial score (nSPS) is 28.2. The summed E-state index contributed by atoms with van der Waals surface area (Å²) in [6.45, 7) is 4.35. The standard InChI is InChI=1S/C17H26N2/c1-13-6-8-15(9-7-13)17(12-18)19-11-10-14-4-2-3-5-16(14)19/h2-5,13,15,17H,6-12,18H2,1H3. The van der Waals surface area contributed by atoms with Gasteiger partial charge < -0.3 is 10.6 Å². The first kappa shape index (κ1) is 13.0. The fourth-order valence-corrected chi connectivity index (χ4v) is 3.95. The molecule has 1 heterocycles. The Balaban J connectivity index is 1.76. The molecule has 1 aliphatic carbocycles. The third-order valence-corrected chi connectivity index (χ3v) is 5.17. The third kappa shape index (κ3) is 2.51. The van der Waals surface area contributed by atoms with Gasteiger partial charge in [0.25, 0.3) is 0 Å². The van der Waals surface area contributed by atoms with Crippen molar-refractivity contribution < 1.29 is 0 Å². The van der Waals surface area contributed by atoms with Gasteiger partial charge >= 0.3 is 0 Å². The van der Waals surface area contributed by atoms with E-state index in [1.54, 1.807) is 0 Å². The van der Waals surface area contributed by atoms with E-state index in [-0.39, 0.29) is 0 Å². The quantitative estimate of drug-likeness (QED) is 0.902. The van der Waals surface area contributed by atoms with Gasteiger partial charge in [0.05, 0.1) is 0 Å². The minimum Gasteiger partial charge on any atom is -0.366 e. The summed E-state index contributed by atoms with van der Waals surface area (Å²) in [5.74, 6) is 1.72. The van der Waals surface area contributed by atoms with E-state index in [1.807, 2.05) is 0 Å². The van der Waals surface area contributed by atoms with Gasteiger partial charge in [-0.25, -0.2) is 0 Å². The number of benzene rings is 1. The van der Waals surface area contributed by atoms with E-state index in [2.05, 4.69) is 36.1 Å². The Hall–Kier alpha value is -1.02. The molecule has 104 valence electrons. The van der Waals surface area contributed by atoms with Gasteiger partial charge in [-0.15, -0.1) is 0 Å². The maximum Gasteiger partial charge on any atom is 0.0440 e. The summed E-state index contributed by atoms with van der Waals surface area (Å²) < 4.78 is 0. The average Bonchev–Trinajstić information content (AvgIpc) is 2.86. The van der Waals surface area contributed by atoms with Crippen molar-refractivity contribution >= 4 is 5.69 Å². The van der Waals surface area contributed by atoms with Gasteiger partial charge in [0.2, 0.25) is 0 Å². The zero-order valence-electron chi connectivity index (χ0n) is 12.0. The van der Waals surface area contributed by atoms with Crippen molar-refractivity contribution in [2.75, 3.05) is 18.0 Å². The van der Waals surface area contributed by atoms with E-state index in [0.29, 0.717) is 6.04 Å². The van der Waals surface area contributed by atoms with E-state index in [1.165, 1.54) is 43.4 Å². The van der Waals surface area contributed by atoms with Crippen molar-refractivity contribution in [1.82, 2.24) is 0 Å². The van der Waals surface area contributed by atoms with Crippen LogP contribution in [0.5, 0.6) is 0 Å². The van der Waals surface area contributed by atoms with Crippen LogP contribution in [0.2, 0.25) is 0 Å². The van der Waals surface area contributed by atoms with Crippen molar-refractivity contribution in [1.29, 1.82) is 0 Å². The number of nitrogens with two attached hydrogens (primary N) is 1. The van der Waals surface area contributed by atoms with Gasteiger partial charge in [0.1, 0.15) is 0 Å². The lowest BCUT2D eigenvalue weighted by Crippen LogP contribution is -2.46. The smallest absolute Gasteiger partial charge is 0.0440 e. The van der Waals surface area contributed by atoms with Crippen LogP contribution in [0, 0.1) is 11.8 Å². The first-order chi connectivity index (χ1) is 9.29. The van der Waals surface area contributed by atoms with Crippen LogP contribution in [-0.2, 0) is 6.42 Å². The molecule has 2 heteroatoms. The molecule has 0 spiro atoms. The second-order valence-electron chi connectivity index (χ2n) is 6.40. The minimum absolute atomic E-state index is 0.552. The number of anilines is 1. The molecule has 3 rings (SSSR count). The summed E-state index contributed by atoms with van der Waals surface area (Å²) in [5, 5.41) is 0. The molecule has 1 saturated carbocycles. The van der Waals surface area contributed by atoms with Gasteiger partial charge in [0.15, 0.2) is 0 Å². The molecule has 1 atom stereocenters. The van der Waals surface area contributed by atoms with Crippen molar-refractivity contribution in [2.45, 2.75) is 45.1 Å². The fourth-order valence-electron chi connectivity index (χ4n) is 3.95. The first-order valence-corrected chi connectivity index (χ1v) is 7.84. The van der Waals surface area contributed by atoms with Crippen LogP contribution in [0.25, 0.3) is 0 Å². The van der Waals surface area contributed by atoms with Gasteiger partial charge in [-0.2, -0.15) is 0 Å². The second kappa shape index (κ2) is 5.54. The lowest BCUT2D eigenvalue weighted by Gasteiger charge is -2.39. The molecule has 0 radical (unpaired) electrons. The number of hydrogen-bond donors (Lipinski definition) is 1. The zero-order valence-corrected chi connectivity index (χ0v) is 12.0. The van der Waals surface area contributed by atoms with Crippen LogP contribution in [0.4, 0.5) is 5.69 Å². The lowest BCUT2D eigenvalue weighted by atomic mass is 9.78. The number of rotatable bonds is 3. The predicted octanol–water partition coefficient (Wildman–Crippen LogP) is 3.20. The molecule has 2 aliphatic rings. The largest absolute Gasteiger partial charge is 0.366 e. The van der Waals surface area contributed by atoms with Gasteiger partial charge in [-0.05, 0) is 42.7 Å². The number of para-hydroxylation sites is 1. The highest BCUT2D eigenvalue weighted by atomic mass is 15.2. The first-order valence-electron chi connectivity index (χ1n) is 7.84. The molecule has 2 N–H and O–H groups in total.